The molecule has 0 bridgehead atoms. The van der Waals surface area contributed by atoms with E-state index in [1.165, 1.54) is 16.5 Å². The lowest BCUT2D eigenvalue weighted by Gasteiger charge is -2.35. The van der Waals surface area contributed by atoms with Crippen molar-refractivity contribution in [2.45, 2.75) is 6.04 Å². The van der Waals surface area contributed by atoms with Gasteiger partial charge >= 0.3 is 0 Å². The smallest absolute Gasteiger partial charge is 0.0497 e. The number of aromatic amines is 1. The van der Waals surface area contributed by atoms with Crippen molar-refractivity contribution < 1.29 is 0 Å². The molecule has 3 nitrogen and oxygen atoms in total. The third kappa shape index (κ3) is 1.96. The average Bonchev–Trinajstić information content (AvgIpc) is 2.84. The van der Waals surface area contributed by atoms with Gasteiger partial charge in [-0.2, -0.15) is 0 Å². The van der Waals surface area contributed by atoms with Crippen LogP contribution in [0.15, 0.2) is 43.1 Å². The minimum absolute atomic E-state index is 0.438. The highest BCUT2D eigenvalue weighted by Gasteiger charge is 2.24. The Labute approximate surface area is 107 Å². The van der Waals surface area contributed by atoms with Gasteiger partial charge in [-0.15, -0.1) is 6.58 Å². The maximum absolute atomic E-state index is 3.86. The van der Waals surface area contributed by atoms with Crippen molar-refractivity contribution in [3.63, 3.8) is 0 Å². The first-order valence-electron chi connectivity index (χ1n) is 6.52. The third-order valence-corrected chi connectivity index (χ3v) is 3.70. The summed E-state index contributed by atoms with van der Waals surface area (Å²) >= 11 is 0. The van der Waals surface area contributed by atoms with Crippen LogP contribution in [0.4, 0.5) is 0 Å². The van der Waals surface area contributed by atoms with Crippen LogP contribution in [-0.4, -0.2) is 36.1 Å². The number of hydrogen-bond acceptors (Lipinski definition) is 2. The maximum atomic E-state index is 3.86. The van der Waals surface area contributed by atoms with Crippen LogP contribution in [0.3, 0.4) is 0 Å². The van der Waals surface area contributed by atoms with Crippen molar-refractivity contribution >= 4 is 10.9 Å². The number of nitrogens with one attached hydrogen (secondary N) is 2. The number of piperazine rings is 1. The van der Waals surface area contributed by atoms with E-state index in [1.54, 1.807) is 0 Å². The van der Waals surface area contributed by atoms with Gasteiger partial charge in [0.05, 0.1) is 0 Å². The third-order valence-electron chi connectivity index (χ3n) is 3.70. The molecule has 94 valence electrons. The fourth-order valence-electron chi connectivity index (χ4n) is 2.81. The number of rotatable bonds is 3. The molecule has 1 fully saturated rings. The summed E-state index contributed by atoms with van der Waals surface area (Å²) in [5.41, 5.74) is 2.61. The Bertz CT molecular complexity index is 543. The van der Waals surface area contributed by atoms with Gasteiger partial charge < -0.3 is 10.3 Å². The summed E-state index contributed by atoms with van der Waals surface area (Å²) < 4.78 is 0. The molecule has 2 aromatic rings. The number of para-hydroxylation sites is 1. The fourth-order valence-corrected chi connectivity index (χ4v) is 2.81. The van der Waals surface area contributed by atoms with Gasteiger partial charge in [-0.25, -0.2) is 0 Å². The first-order valence-corrected chi connectivity index (χ1v) is 6.52. The van der Waals surface area contributed by atoms with Gasteiger partial charge in [-0.1, -0.05) is 24.3 Å². The van der Waals surface area contributed by atoms with Gasteiger partial charge in [0.2, 0.25) is 0 Å². The summed E-state index contributed by atoms with van der Waals surface area (Å²) in [6, 6.07) is 8.94. The Morgan fingerprint density at radius 2 is 2.28 bits per heavy atom. The zero-order valence-corrected chi connectivity index (χ0v) is 10.5. The van der Waals surface area contributed by atoms with Crippen LogP contribution in [0, 0.1) is 0 Å². The molecule has 1 unspecified atom stereocenters. The van der Waals surface area contributed by atoms with E-state index in [9.17, 15) is 0 Å². The van der Waals surface area contributed by atoms with E-state index in [-0.39, 0.29) is 0 Å². The van der Waals surface area contributed by atoms with Crippen LogP contribution in [0.5, 0.6) is 0 Å². The Balaban J connectivity index is 1.98. The Kier molecular flexibility index (Phi) is 3.17. The van der Waals surface area contributed by atoms with E-state index in [1.807, 2.05) is 6.08 Å². The number of aromatic nitrogens is 1. The van der Waals surface area contributed by atoms with Crippen LogP contribution in [-0.2, 0) is 0 Å². The number of fused-ring (bicyclic) bond motifs is 1. The van der Waals surface area contributed by atoms with Gasteiger partial charge in [0, 0.05) is 49.3 Å². The average molecular weight is 241 g/mol. The molecule has 0 aliphatic carbocycles. The minimum atomic E-state index is 0.438. The predicted molar refractivity (Wildman–Crippen MR) is 75.7 cm³/mol. The van der Waals surface area contributed by atoms with Crippen molar-refractivity contribution in [2.24, 2.45) is 0 Å². The van der Waals surface area contributed by atoms with Crippen LogP contribution in [0.25, 0.3) is 10.9 Å². The molecule has 2 heterocycles. The van der Waals surface area contributed by atoms with Crippen LogP contribution < -0.4 is 5.32 Å². The molecule has 0 amide bonds. The largest absolute Gasteiger partial charge is 0.361 e. The monoisotopic (exact) mass is 241 g/mol. The van der Waals surface area contributed by atoms with Crippen molar-refractivity contribution in [1.82, 2.24) is 15.2 Å². The first kappa shape index (κ1) is 11.5. The molecule has 0 saturated carbocycles. The Hall–Kier alpha value is -1.58. The van der Waals surface area contributed by atoms with Gasteiger partial charge in [0.1, 0.15) is 0 Å². The van der Waals surface area contributed by atoms with E-state index in [0.717, 1.165) is 26.2 Å². The lowest BCUT2D eigenvalue weighted by atomic mass is 10.0. The molecule has 0 spiro atoms. The maximum Gasteiger partial charge on any atom is 0.0497 e. The molecule has 1 aliphatic rings. The summed E-state index contributed by atoms with van der Waals surface area (Å²) in [5, 5.41) is 4.82. The quantitative estimate of drug-likeness (QED) is 0.808. The summed E-state index contributed by atoms with van der Waals surface area (Å²) in [6.45, 7) is 7.96. The highest BCUT2D eigenvalue weighted by Crippen LogP contribution is 2.28. The second-order valence-electron chi connectivity index (χ2n) is 4.79. The van der Waals surface area contributed by atoms with Crippen molar-refractivity contribution in [3.05, 3.63) is 48.7 Å². The van der Waals surface area contributed by atoms with E-state index in [0.29, 0.717) is 6.04 Å². The van der Waals surface area contributed by atoms with E-state index < -0.39 is 0 Å². The predicted octanol–water partition coefficient (Wildman–Crippen LogP) is 2.30. The number of nitrogens with zero attached hydrogens (tertiary/aromatic N) is 1. The van der Waals surface area contributed by atoms with Gasteiger partial charge in [0.15, 0.2) is 0 Å². The van der Waals surface area contributed by atoms with Gasteiger partial charge in [-0.3, -0.25) is 4.90 Å². The number of hydrogen-bond donors (Lipinski definition) is 2. The fraction of sp³-hybridized carbons (Fsp3) is 0.333. The Morgan fingerprint density at radius 3 is 3.17 bits per heavy atom. The zero-order valence-electron chi connectivity index (χ0n) is 10.5. The van der Waals surface area contributed by atoms with Crippen LogP contribution >= 0.6 is 0 Å². The standard InChI is InChI=1S/C15H19N3/c1-2-8-18-9-7-16-11-15(18)13-10-17-14-6-4-3-5-12(13)14/h2-6,10,15-17H,1,7-9,11H2. The first-order chi connectivity index (χ1) is 8.90. The summed E-state index contributed by atoms with van der Waals surface area (Å²) in [5.74, 6) is 0. The van der Waals surface area contributed by atoms with Gasteiger partial charge in [0.25, 0.3) is 0 Å². The number of H-pyrrole nitrogens is 1. The molecule has 3 rings (SSSR count). The second kappa shape index (κ2) is 4.96. The van der Waals surface area contributed by atoms with E-state index in [2.05, 4.69) is 52.2 Å². The normalized spacial score (nSPS) is 21.2. The summed E-state index contributed by atoms with van der Waals surface area (Å²) in [7, 11) is 0. The summed E-state index contributed by atoms with van der Waals surface area (Å²) in [4.78, 5) is 5.85. The molecule has 1 atom stereocenters. The summed E-state index contributed by atoms with van der Waals surface area (Å²) in [6.07, 6.45) is 4.14. The van der Waals surface area contributed by atoms with Crippen LogP contribution in [0.1, 0.15) is 11.6 Å². The van der Waals surface area contributed by atoms with Gasteiger partial charge in [-0.05, 0) is 11.6 Å². The molecular weight excluding hydrogens is 222 g/mol. The lowest BCUT2D eigenvalue weighted by molar-refractivity contribution is 0.181. The minimum Gasteiger partial charge on any atom is -0.361 e. The van der Waals surface area contributed by atoms with Crippen molar-refractivity contribution in [2.75, 3.05) is 26.2 Å². The molecule has 18 heavy (non-hydrogen) atoms. The Morgan fingerprint density at radius 1 is 1.39 bits per heavy atom. The second-order valence-corrected chi connectivity index (χ2v) is 4.79. The molecular formula is C15H19N3. The zero-order chi connectivity index (χ0) is 12.4. The number of benzene rings is 1. The van der Waals surface area contributed by atoms with Crippen LogP contribution in [0.2, 0.25) is 0 Å². The molecule has 2 N–H and O–H groups in total. The molecule has 1 aliphatic heterocycles. The van der Waals surface area contributed by atoms with E-state index >= 15 is 0 Å². The SMILES string of the molecule is C=CCN1CCNCC1c1c[nH]c2ccccc12. The molecule has 3 heteroatoms. The molecule has 0 radical (unpaired) electrons. The van der Waals surface area contributed by atoms with Crippen molar-refractivity contribution in [1.29, 1.82) is 0 Å². The topological polar surface area (TPSA) is 31.1 Å². The van der Waals surface area contributed by atoms with Crippen molar-refractivity contribution in [3.8, 4) is 0 Å². The highest BCUT2D eigenvalue weighted by molar-refractivity contribution is 5.83. The molecule has 1 saturated heterocycles. The molecule has 1 aromatic carbocycles. The molecule has 1 aromatic heterocycles. The van der Waals surface area contributed by atoms with E-state index in [4.69, 9.17) is 0 Å². The highest BCUT2D eigenvalue weighted by atomic mass is 15.2. The lowest BCUT2D eigenvalue weighted by Crippen LogP contribution is -2.45.